The van der Waals surface area contributed by atoms with Crippen LogP contribution in [0.15, 0.2) is 42.5 Å². The van der Waals surface area contributed by atoms with E-state index in [4.69, 9.17) is 9.72 Å². The number of ether oxygens (including phenoxy) is 1. The monoisotopic (exact) mass is 427 g/mol. The minimum Gasteiger partial charge on any atom is -0.484 e. The maximum absolute atomic E-state index is 13.0. The van der Waals surface area contributed by atoms with E-state index in [-0.39, 0.29) is 24.4 Å². The molecule has 2 aromatic heterocycles. The van der Waals surface area contributed by atoms with Gasteiger partial charge < -0.3 is 15.0 Å². The fraction of sp³-hybridized carbons (Fsp3) is 0.333. The lowest BCUT2D eigenvalue weighted by Gasteiger charge is -2.24. The number of nitrogens with one attached hydrogen (secondary N) is 1. The summed E-state index contributed by atoms with van der Waals surface area (Å²) in [6.45, 7) is 2.60. The number of nitrogens with zero attached hydrogens (tertiary/aromatic N) is 4. The molecule has 0 unspecified atom stereocenters. The van der Waals surface area contributed by atoms with Crippen molar-refractivity contribution in [3.63, 3.8) is 0 Å². The number of rotatable bonds is 7. The van der Waals surface area contributed by atoms with Crippen LogP contribution in [0.5, 0.6) is 5.75 Å². The lowest BCUT2D eigenvalue weighted by molar-refractivity contribution is -0.134. The van der Waals surface area contributed by atoms with Crippen molar-refractivity contribution in [2.24, 2.45) is 0 Å². The minimum absolute atomic E-state index is 0.0926. The molecule has 4 rings (SSSR count). The van der Waals surface area contributed by atoms with Crippen LogP contribution in [0.25, 0.3) is 0 Å². The molecule has 0 bridgehead atoms. The van der Waals surface area contributed by atoms with Gasteiger partial charge in [-0.15, -0.1) is 10.2 Å². The van der Waals surface area contributed by atoms with Crippen molar-refractivity contribution in [1.82, 2.24) is 20.1 Å². The second-order valence-electron chi connectivity index (χ2n) is 6.91. The van der Waals surface area contributed by atoms with E-state index in [9.17, 15) is 9.18 Å². The average molecular weight is 428 g/mol. The third-order valence-electron chi connectivity index (χ3n) is 4.87. The number of halogens is 1. The summed E-state index contributed by atoms with van der Waals surface area (Å²) < 4.78 is 18.5. The topological polar surface area (TPSA) is 80.2 Å². The zero-order chi connectivity index (χ0) is 20.9. The van der Waals surface area contributed by atoms with Crippen LogP contribution in [-0.2, 0) is 11.2 Å². The number of hydrogen-bond acceptors (Lipinski definition) is 7. The number of anilines is 2. The van der Waals surface area contributed by atoms with Gasteiger partial charge in [-0.25, -0.2) is 9.37 Å². The molecule has 0 saturated carbocycles. The molecular formula is C21H22FN5O2S. The first kappa shape index (κ1) is 20.2. The normalized spacial score (nSPS) is 15.9. The van der Waals surface area contributed by atoms with Crippen molar-refractivity contribution >= 4 is 28.2 Å². The molecule has 0 aliphatic carbocycles. The van der Waals surface area contributed by atoms with Crippen molar-refractivity contribution in [2.75, 3.05) is 18.5 Å². The number of aromatic nitrogens is 3. The molecule has 1 amide bonds. The van der Waals surface area contributed by atoms with Crippen molar-refractivity contribution in [3.05, 3.63) is 59.0 Å². The first-order valence-electron chi connectivity index (χ1n) is 9.86. The Bertz CT molecular complexity index is 1010. The van der Waals surface area contributed by atoms with E-state index in [1.54, 1.807) is 4.90 Å². The number of benzene rings is 1. The molecule has 1 atom stereocenters. The number of amides is 1. The van der Waals surface area contributed by atoms with Crippen LogP contribution in [0, 0.1) is 5.82 Å². The summed E-state index contributed by atoms with van der Waals surface area (Å²) in [4.78, 5) is 19.2. The smallest absolute Gasteiger partial charge is 0.261 e. The van der Waals surface area contributed by atoms with Crippen molar-refractivity contribution in [2.45, 2.75) is 32.2 Å². The molecule has 1 N–H and O–H groups in total. The summed E-state index contributed by atoms with van der Waals surface area (Å²) in [5, 5.41) is 13.1. The highest BCUT2D eigenvalue weighted by Gasteiger charge is 2.31. The third kappa shape index (κ3) is 4.73. The summed E-state index contributed by atoms with van der Waals surface area (Å²) in [6.07, 6.45) is 2.59. The molecule has 3 aromatic rings. The minimum atomic E-state index is -0.340. The molecule has 0 spiro atoms. The second kappa shape index (κ2) is 9.17. The van der Waals surface area contributed by atoms with Crippen LogP contribution in [0.2, 0.25) is 0 Å². The Morgan fingerprint density at radius 2 is 2.10 bits per heavy atom. The average Bonchev–Trinajstić information content (AvgIpc) is 3.43. The molecular weight excluding hydrogens is 405 g/mol. The molecule has 1 aliphatic heterocycles. The Labute approximate surface area is 177 Å². The van der Waals surface area contributed by atoms with Crippen LogP contribution >= 0.6 is 11.3 Å². The van der Waals surface area contributed by atoms with Crippen LogP contribution < -0.4 is 10.1 Å². The van der Waals surface area contributed by atoms with Crippen LogP contribution in [0.1, 0.15) is 36.5 Å². The zero-order valence-electron chi connectivity index (χ0n) is 16.5. The van der Waals surface area contributed by atoms with E-state index < -0.39 is 0 Å². The van der Waals surface area contributed by atoms with Crippen molar-refractivity contribution in [3.8, 4) is 5.75 Å². The van der Waals surface area contributed by atoms with Crippen LogP contribution in [0.3, 0.4) is 0 Å². The summed E-state index contributed by atoms with van der Waals surface area (Å²) in [5.74, 6) is 0.687. The molecule has 1 fully saturated rings. The maximum Gasteiger partial charge on any atom is 0.261 e. The predicted molar refractivity (Wildman–Crippen MR) is 112 cm³/mol. The molecule has 30 heavy (non-hydrogen) atoms. The Morgan fingerprint density at radius 3 is 2.87 bits per heavy atom. The highest BCUT2D eigenvalue weighted by molar-refractivity contribution is 7.15. The number of pyridine rings is 1. The second-order valence-corrected chi connectivity index (χ2v) is 7.98. The molecule has 3 heterocycles. The predicted octanol–water partition coefficient (Wildman–Crippen LogP) is 4.12. The third-order valence-corrected chi connectivity index (χ3v) is 5.85. The largest absolute Gasteiger partial charge is 0.484 e. The number of hydrogen-bond donors (Lipinski definition) is 1. The molecule has 1 saturated heterocycles. The Hall–Kier alpha value is -3.07. The van der Waals surface area contributed by atoms with Gasteiger partial charge >= 0.3 is 0 Å². The van der Waals surface area contributed by atoms with Crippen molar-refractivity contribution < 1.29 is 13.9 Å². The number of carbonyl (C=O) groups is 1. The Balaban J connectivity index is 1.42. The fourth-order valence-corrected chi connectivity index (χ4v) is 4.08. The maximum atomic E-state index is 13.0. The summed E-state index contributed by atoms with van der Waals surface area (Å²) in [5.41, 5.74) is 0.827. The van der Waals surface area contributed by atoms with E-state index in [0.29, 0.717) is 23.2 Å². The van der Waals surface area contributed by atoms with Crippen LogP contribution in [-0.4, -0.2) is 39.1 Å². The zero-order valence-corrected chi connectivity index (χ0v) is 17.4. The van der Waals surface area contributed by atoms with Gasteiger partial charge in [0.2, 0.25) is 5.13 Å². The van der Waals surface area contributed by atoms with E-state index in [1.807, 2.05) is 25.1 Å². The molecule has 1 aliphatic rings. The van der Waals surface area contributed by atoms with Gasteiger partial charge in [0.25, 0.3) is 5.91 Å². The fourth-order valence-electron chi connectivity index (χ4n) is 3.39. The van der Waals surface area contributed by atoms with E-state index in [0.717, 1.165) is 30.0 Å². The van der Waals surface area contributed by atoms with Gasteiger partial charge in [0.15, 0.2) is 6.61 Å². The van der Waals surface area contributed by atoms with E-state index in [1.165, 1.54) is 35.6 Å². The Morgan fingerprint density at radius 1 is 1.27 bits per heavy atom. The SMILES string of the molecule is CCc1nnc(Nc2cccc([C@@H]3CCCN3C(=O)COc3ccc(F)cc3)n2)s1. The quantitative estimate of drug-likeness (QED) is 0.611. The van der Waals surface area contributed by atoms with Crippen molar-refractivity contribution in [1.29, 1.82) is 0 Å². The van der Waals surface area contributed by atoms with Gasteiger partial charge in [0.1, 0.15) is 22.4 Å². The van der Waals surface area contributed by atoms with Gasteiger partial charge in [-0.1, -0.05) is 24.3 Å². The van der Waals surface area contributed by atoms with Gasteiger partial charge in [0, 0.05) is 6.54 Å². The molecule has 1 aromatic carbocycles. The van der Waals surface area contributed by atoms with Gasteiger partial charge in [-0.05, 0) is 55.7 Å². The van der Waals surface area contributed by atoms with Crippen LogP contribution in [0.4, 0.5) is 15.3 Å². The number of aryl methyl sites for hydroxylation is 1. The standard InChI is InChI=1S/C21H22FN5O2S/c1-2-19-25-26-21(30-19)24-18-7-3-5-16(23-18)17-6-4-12-27(17)20(28)13-29-15-10-8-14(22)9-11-15/h3,5,7-11,17H,2,4,6,12-13H2,1H3,(H,23,24,26)/t17-/m0/s1. The first-order chi connectivity index (χ1) is 14.6. The molecule has 156 valence electrons. The summed E-state index contributed by atoms with van der Waals surface area (Å²) in [6, 6.07) is 11.3. The van der Waals surface area contributed by atoms with Gasteiger partial charge in [-0.3, -0.25) is 4.79 Å². The number of carbonyl (C=O) groups excluding carboxylic acids is 1. The molecule has 0 radical (unpaired) electrons. The van der Waals surface area contributed by atoms with E-state index >= 15 is 0 Å². The highest BCUT2D eigenvalue weighted by atomic mass is 32.1. The highest BCUT2D eigenvalue weighted by Crippen LogP contribution is 2.32. The lowest BCUT2D eigenvalue weighted by atomic mass is 10.1. The molecule has 9 heteroatoms. The summed E-state index contributed by atoms with van der Waals surface area (Å²) >= 11 is 1.50. The Kier molecular flexibility index (Phi) is 6.18. The van der Waals surface area contributed by atoms with Gasteiger partial charge in [-0.2, -0.15) is 0 Å². The first-order valence-corrected chi connectivity index (χ1v) is 10.7. The molecule has 7 nitrogen and oxygen atoms in total. The van der Waals surface area contributed by atoms with Gasteiger partial charge in [0.05, 0.1) is 11.7 Å². The van der Waals surface area contributed by atoms with E-state index in [2.05, 4.69) is 15.5 Å². The lowest BCUT2D eigenvalue weighted by Crippen LogP contribution is -2.34. The number of likely N-dealkylation sites (tertiary alicyclic amines) is 1. The summed E-state index contributed by atoms with van der Waals surface area (Å²) in [7, 11) is 0.